The molecule has 0 spiro atoms. The molecule has 1 aliphatic rings. The molecular formula is C12H9ClNNaO2. The van der Waals surface area contributed by atoms with E-state index in [0.29, 0.717) is 10.7 Å². The Morgan fingerprint density at radius 1 is 1.29 bits per heavy atom. The summed E-state index contributed by atoms with van der Waals surface area (Å²) in [5, 5.41) is 11.4. The van der Waals surface area contributed by atoms with E-state index in [1.54, 1.807) is 12.2 Å². The Morgan fingerprint density at radius 3 is 2.53 bits per heavy atom. The van der Waals surface area contributed by atoms with Gasteiger partial charge in [-0.05, 0) is 11.6 Å². The van der Waals surface area contributed by atoms with Gasteiger partial charge < -0.3 is 14.8 Å². The summed E-state index contributed by atoms with van der Waals surface area (Å²) >= 11 is 6.02. The molecule has 0 unspecified atom stereocenters. The Bertz CT molecular complexity index is 471. The Kier molecular flexibility index (Phi) is 5.28. The van der Waals surface area contributed by atoms with Crippen molar-refractivity contribution in [2.45, 2.75) is 0 Å². The van der Waals surface area contributed by atoms with Gasteiger partial charge in [-0.1, -0.05) is 48.0 Å². The molecule has 0 atom stereocenters. The number of amides is 1. The second kappa shape index (κ2) is 6.26. The second-order valence-electron chi connectivity index (χ2n) is 3.34. The summed E-state index contributed by atoms with van der Waals surface area (Å²) in [6.07, 6.45) is 2.13. The van der Waals surface area contributed by atoms with Crippen LogP contribution in [-0.4, -0.2) is 17.5 Å². The number of allylic oxidation sites excluding steroid dienone is 2. The largest absolute Gasteiger partial charge is 1.00 e. The van der Waals surface area contributed by atoms with Gasteiger partial charge in [0.1, 0.15) is 6.09 Å². The van der Waals surface area contributed by atoms with Crippen molar-refractivity contribution in [1.29, 1.82) is 0 Å². The molecule has 17 heavy (non-hydrogen) atoms. The first-order valence-corrected chi connectivity index (χ1v) is 5.18. The maximum Gasteiger partial charge on any atom is 1.00 e. The second-order valence-corrected chi connectivity index (χ2v) is 3.75. The topological polar surface area (TPSA) is 43.4 Å². The minimum Gasteiger partial charge on any atom is -0.530 e. The number of benzene rings is 1. The van der Waals surface area contributed by atoms with Gasteiger partial charge in [-0.2, -0.15) is 0 Å². The van der Waals surface area contributed by atoms with Crippen LogP contribution in [0.15, 0.2) is 47.5 Å². The van der Waals surface area contributed by atoms with Crippen molar-refractivity contribution < 1.29 is 39.5 Å². The summed E-state index contributed by atoms with van der Waals surface area (Å²) in [5.74, 6) is 0. The monoisotopic (exact) mass is 257 g/mol. The number of halogens is 1. The van der Waals surface area contributed by atoms with Crippen LogP contribution in [0, 0.1) is 0 Å². The first-order valence-electron chi connectivity index (χ1n) is 4.80. The fourth-order valence-electron chi connectivity index (χ4n) is 1.62. The van der Waals surface area contributed by atoms with E-state index < -0.39 is 6.09 Å². The number of hydrogen-bond acceptors (Lipinski definition) is 2. The van der Waals surface area contributed by atoms with Gasteiger partial charge in [0.2, 0.25) is 0 Å². The molecule has 82 valence electrons. The van der Waals surface area contributed by atoms with Crippen LogP contribution >= 0.6 is 11.6 Å². The van der Waals surface area contributed by atoms with E-state index in [2.05, 4.69) is 0 Å². The molecule has 1 aliphatic heterocycles. The van der Waals surface area contributed by atoms with E-state index in [9.17, 15) is 9.90 Å². The third-order valence-electron chi connectivity index (χ3n) is 2.32. The molecule has 5 heteroatoms. The molecule has 0 saturated carbocycles. The minimum absolute atomic E-state index is 0. The van der Waals surface area contributed by atoms with Crippen LogP contribution in [0.2, 0.25) is 0 Å². The number of carboxylic acid groups (broad SMARTS) is 1. The predicted octanol–water partition coefficient (Wildman–Crippen LogP) is -1.19. The quantitative estimate of drug-likeness (QED) is 0.594. The number of rotatable bonds is 1. The number of hydrogen-bond donors (Lipinski definition) is 0. The van der Waals surface area contributed by atoms with Crippen LogP contribution in [0.3, 0.4) is 0 Å². The number of nitrogens with zero attached hydrogens (tertiary/aromatic N) is 1. The van der Waals surface area contributed by atoms with Crippen LogP contribution in [0.5, 0.6) is 0 Å². The summed E-state index contributed by atoms with van der Waals surface area (Å²) in [4.78, 5) is 12.1. The summed E-state index contributed by atoms with van der Waals surface area (Å²) in [5.41, 5.74) is 1.24. The molecule has 1 heterocycles. The molecule has 1 aromatic rings. The van der Waals surface area contributed by atoms with Crippen molar-refractivity contribution in [3.8, 4) is 0 Å². The van der Waals surface area contributed by atoms with E-state index >= 15 is 0 Å². The number of carbonyl (C=O) groups is 1. The molecule has 0 saturated heterocycles. The Labute approximate surface area is 127 Å². The van der Waals surface area contributed by atoms with Crippen LogP contribution in [0.25, 0.3) is 5.70 Å². The van der Waals surface area contributed by atoms with Gasteiger partial charge in [0.25, 0.3) is 0 Å². The maximum absolute atomic E-state index is 11.0. The molecule has 1 aromatic carbocycles. The van der Waals surface area contributed by atoms with Crippen LogP contribution in [-0.2, 0) is 0 Å². The average molecular weight is 258 g/mol. The average Bonchev–Trinajstić information content (AvgIpc) is 2.29. The first kappa shape index (κ1) is 14.3. The fraction of sp³-hybridized carbons (Fsp3) is 0.0833. The standard InChI is InChI=1S/C12H10ClNO2.Na/c13-10-7-4-8-14(12(15)16)11(10)9-5-2-1-3-6-9;/h1-7H,8H2,(H,15,16);/q;+1/p-1. The van der Waals surface area contributed by atoms with Crippen LogP contribution in [0.1, 0.15) is 5.56 Å². The van der Waals surface area contributed by atoms with E-state index in [1.807, 2.05) is 30.3 Å². The van der Waals surface area contributed by atoms with Gasteiger partial charge in [0, 0.05) is 6.54 Å². The SMILES string of the molecule is O=C([O-])N1CC=CC(Cl)=C1c1ccccc1.[Na+]. The van der Waals surface area contributed by atoms with Gasteiger partial charge >= 0.3 is 29.6 Å². The van der Waals surface area contributed by atoms with Crippen molar-refractivity contribution in [2.24, 2.45) is 0 Å². The van der Waals surface area contributed by atoms with Gasteiger partial charge in [0.05, 0.1) is 10.7 Å². The maximum atomic E-state index is 11.0. The van der Waals surface area contributed by atoms with Crippen molar-refractivity contribution in [2.75, 3.05) is 6.54 Å². The van der Waals surface area contributed by atoms with Gasteiger partial charge in [-0.15, -0.1) is 0 Å². The molecule has 0 aliphatic carbocycles. The summed E-state index contributed by atoms with van der Waals surface area (Å²) < 4.78 is 0. The molecule has 0 bridgehead atoms. The van der Waals surface area contributed by atoms with Crippen LogP contribution in [0.4, 0.5) is 4.79 Å². The van der Waals surface area contributed by atoms with Crippen molar-refractivity contribution in [3.63, 3.8) is 0 Å². The molecule has 2 rings (SSSR count). The van der Waals surface area contributed by atoms with Gasteiger partial charge in [-0.25, -0.2) is 0 Å². The zero-order chi connectivity index (χ0) is 11.5. The third kappa shape index (κ3) is 3.13. The van der Waals surface area contributed by atoms with Gasteiger partial charge in [0.15, 0.2) is 0 Å². The summed E-state index contributed by atoms with van der Waals surface area (Å²) in [6, 6.07) is 9.15. The smallest absolute Gasteiger partial charge is 0.530 e. The molecule has 0 N–H and O–H groups in total. The third-order valence-corrected chi connectivity index (χ3v) is 2.62. The summed E-state index contributed by atoms with van der Waals surface area (Å²) in [6.45, 7) is 0.267. The Balaban J connectivity index is 0.00000144. The zero-order valence-corrected chi connectivity index (χ0v) is 12.1. The molecule has 0 aromatic heterocycles. The number of carbonyl (C=O) groups excluding carboxylic acids is 1. The predicted molar refractivity (Wildman–Crippen MR) is 60.5 cm³/mol. The molecule has 3 nitrogen and oxygen atoms in total. The van der Waals surface area contributed by atoms with E-state index in [4.69, 9.17) is 11.6 Å². The Morgan fingerprint density at radius 2 is 1.94 bits per heavy atom. The van der Waals surface area contributed by atoms with E-state index in [-0.39, 0.29) is 36.1 Å². The fourth-order valence-corrected chi connectivity index (χ4v) is 1.92. The molecule has 0 radical (unpaired) electrons. The van der Waals surface area contributed by atoms with Crippen LogP contribution < -0.4 is 34.7 Å². The van der Waals surface area contributed by atoms with Gasteiger partial charge in [-0.3, -0.25) is 0 Å². The normalized spacial score (nSPS) is 14.5. The van der Waals surface area contributed by atoms with Crippen molar-refractivity contribution in [3.05, 3.63) is 53.1 Å². The molecule has 0 fully saturated rings. The van der Waals surface area contributed by atoms with Crippen molar-refractivity contribution >= 4 is 23.4 Å². The Hall–Kier alpha value is -0.740. The molecule has 1 amide bonds. The zero-order valence-electron chi connectivity index (χ0n) is 9.39. The van der Waals surface area contributed by atoms with E-state index in [1.165, 1.54) is 0 Å². The molecular weight excluding hydrogens is 249 g/mol. The minimum atomic E-state index is -1.25. The van der Waals surface area contributed by atoms with E-state index in [0.717, 1.165) is 10.5 Å². The summed E-state index contributed by atoms with van der Waals surface area (Å²) in [7, 11) is 0. The first-order chi connectivity index (χ1) is 7.70. The van der Waals surface area contributed by atoms with Crippen molar-refractivity contribution in [1.82, 2.24) is 4.90 Å².